The average Bonchev–Trinajstić information content (AvgIpc) is 2.96. The van der Waals surface area contributed by atoms with E-state index in [9.17, 15) is 14.7 Å². The molecule has 0 spiro atoms. The highest BCUT2D eigenvalue weighted by Crippen LogP contribution is 2.12. The molecule has 104 valence electrons. The van der Waals surface area contributed by atoms with E-state index in [0.717, 1.165) is 5.01 Å². The molecule has 0 saturated heterocycles. The molecule has 1 aromatic heterocycles. The third kappa shape index (κ3) is 3.79. The minimum atomic E-state index is -1.11. The van der Waals surface area contributed by atoms with Gasteiger partial charge in [0.25, 0.3) is 0 Å². The molecule has 20 heavy (non-hydrogen) atoms. The van der Waals surface area contributed by atoms with Crippen molar-refractivity contribution in [3.63, 3.8) is 0 Å². The number of hydrogen-bond acceptors (Lipinski definition) is 4. The van der Waals surface area contributed by atoms with Crippen LogP contribution in [0.25, 0.3) is 0 Å². The fourth-order valence-corrected chi connectivity index (χ4v) is 2.17. The average molecular weight is 291 g/mol. The number of carbonyl (C=O) groups excluding carboxylic acids is 1. The van der Waals surface area contributed by atoms with Crippen LogP contribution in [-0.2, 0) is 11.3 Å². The van der Waals surface area contributed by atoms with Crippen molar-refractivity contribution in [1.29, 1.82) is 0 Å². The molecule has 7 heteroatoms. The van der Waals surface area contributed by atoms with Gasteiger partial charge in [-0.15, -0.1) is 11.3 Å². The highest BCUT2D eigenvalue weighted by Gasteiger charge is 2.21. The zero-order valence-corrected chi connectivity index (χ0v) is 11.3. The molecule has 1 aromatic carbocycles. The van der Waals surface area contributed by atoms with Crippen LogP contribution in [0.5, 0.6) is 0 Å². The Bertz CT molecular complexity index is 572. The Morgan fingerprint density at radius 3 is 2.65 bits per heavy atom. The zero-order valence-electron chi connectivity index (χ0n) is 10.4. The fourth-order valence-electron chi connectivity index (χ4n) is 1.61. The van der Waals surface area contributed by atoms with Gasteiger partial charge in [-0.3, -0.25) is 0 Å². The van der Waals surface area contributed by atoms with Crippen LogP contribution in [0.4, 0.5) is 4.79 Å². The van der Waals surface area contributed by atoms with Crippen LogP contribution >= 0.6 is 11.3 Å². The van der Waals surface area contributed by atoms with E-state index in [1.165, 1.54) is 11.3 Å². The summed E-state index contributed by atoms with van der Waals surface area (Å²) in [5.74, 6) is -1.11. The van der Waals surface area contributed by atoms with Gasteiger partial charge in [-0.2, -0.15) is 0 Å². The second-order valence-corrected chi connectivity index (χ2v) is 4.91. The number of hydrogen-bond donors (Lipinski definition) is 3. The number of aliphatic carboxylic acids is 1. The smallest absolute Gasteiger partial charge is 0.330 e. The number of thiazole rings is 1. The van der Waals surface area contributed by atoms with Crippen molar-refractivity contribution in [3.05, 3.63) is 52.5 Å². The SMILES string of the molecule is O=C(NCc1nccs1)N[C@@H](C(=O)O)c1ccccc1. The van der Waals surface area contributed by atoms with Gasteiger partial charge in [-0.05, 0) is 5.56 Å². The van der Waals surface area contributed by atoms with E-state index in [1.54, 1.807) is 41.9 Å². The predicted octanol–water partition coefficient (Wildman–Crippen LogP) is 1.77. The third-order valence-electron chi connectivity index (χ3n) is 2.54. The second-order valence-electron chi connectivity index (χ2n) is 3.93. The minimum Gasteiger partial charge on any atom is -0.479 e. The fraction of sp³-hybridized carbons (Fsp3) is 0.154. The molecule has 0 aliphatic heterocycles. The summed E-state index contributed by atoms with van der Waals surface area (Å²) in [6.45, 7) is 0.268. The molecule has 0 aliphatic rings. The molecule has 0 radical (unpaired) electrons. The monoisotopic (exact) mass is 291 g/mol. The minimum absolute atomic E-state index is 0.268. The molecule has 0 fully saturated rings. The first-order valence-corrected chi connectivity index (χ1v) is 6.75. The van der Waals surface area contributed by atoms with E-state index in [-0.39, 0.29) is 6.54 Å². The summed E-state index contributed by atoms with van der Waals surface area (Å²) in [5, 5.41) is 16.7. The largest absolute Gasteiger partial charge is 0.479 e. The van der Waals surface area contributed by atoms with Crippen LogP contribution in [0.1, 0.15) is 16.6 Å². The number of carboxylic acids is 1. The van der Waals surface area contributed by atoms with Crippen LogP contribution < -0.4 is 10.6 Å². The number of carboxylic acid groups (broad SMARTS) is 1. The number of urea groups is 1. The van der Waals surface area contributed by atoms with Gasteiger partial charge in [0.15, 0.2) is 6.04 Å². The molecular weight excluding hydrogens is 278 g/mol. The summed E-state index contributed by atoms with van der Waals surface area (Å²) >= 11 is 1.42. The lowest BCUT2D eigenvalue weighted by Crippen LogP contribution is -2.40. The molecule has 0 saturated carbocycles. The summed E-state index contributed by atoms with van der Waals surface area (Å²) in [7, 11) is 0. The number of amides is 2. The van der Waals surface area contributed by atoms with Gasteiger partial charge in [0, 0.05) is 11.6 Å². The van der Waals surface area contributed by atoms with Gasteiger partial charge in [0.2, 0.25) is 0 Å². The highest BCUT2D eigenvalue weighted by atomic mass is 32.1. The Balaban J connectivity index is 1.95. The van der Waals surface area contributed by atoms with E-state index < -0.39 is 18.0 Å². The topological polar surface area (TPSA) is 91.3 Å². The molecular formula is C13H13N3O3S. The molecule has 0 aliphatic carbocycles. The van der Waals surface area contributed by atoms with Crippen molar-refractivity contribution in [2.45, 2.75) is 12.6 Å². The Kier molecular flexibility index (Phi) is 4.67. The zero-order chi connectivity index (χ0) is 14.4. The normalized spacial score (nSPS) is 11.6. The van der Waals surface area contributed by atoms with E-state index in [4.69, 9.17) is 0 Å². The summed E-state index contributed by atoms with van der Waals surface area (Å²) in [6, 6.07) is 6.91. The lowest BCUT2D eigenvalue weighted by Gasteiger charge is -2.15. The Morgan fingerprint density at radius 2 is 2.05 bits per heavy atom. The number of aromatic nitrogens is 1. The molecule has 2 amide bonds. The van der Waals surface area contributed by atoms with Gasteiger partial charge >= 0.3 is 12.0 Å². The number of nitrogens with zero attached hydrogens (tertiary/aromatic N) is 1. The Morgan fingerprint density at radius 1 is 1.30 bits per heavy atom. The lowest BCUT2D eigenvalue weighted by atomic mass is 10.1. The van der Waals surface area contributed by atoms with Crippen molar-refractivity contribution in [3.8, 4) is 0 Å². The first kappa shape index (κ1) is 14.0. The highest BCUT2D eigenvalue weighted by molar-refractivity contribution is 7.09. The second kappa shape index (κ2) is 6.67. The van der Waals surface area contributed by atoms with Crippen LogP contribution in [-0.4, -0.2) is 22.1 Å². The van der Waals surface area contributed by atoms with Gasteiger partial charge in [-0.25, -0.2) is 14.6 Å². The predicted molar refractivity (Wildman–Crippen MR) is 74.3 cm³/mol. The number of benzene rings is 1. The molecule has 1 atom stereocenters. The van der Waals surface area contributed by atoms with Crippen LogP contribution in [0, 0.1) is 0 Å². The molecule has 0 bridgehead atoms. The van der Waals surface area contributed by atoms with Crippen LogP contribution in [0.2, 0.25) is 0 Å². The molecule has 2 rings (SSSR count). The van der Waals surface area contributed by atoms with E-state index in [1.807, 2.05) is 0 Å². The summed E-state index contributed by atoms with van der Waals surface area (Å²) in [4.78, 5) is 27.0. The molecule has 0 unspecified atom stereocenters. The summed E-state index contributed by atoms with van der Waals surface area (Å²) in [6.07, 6.45) is 1.64. The van der Waals surface area contributed by atoms with Gasteiger partial charge in [0.05, 0.1) is 6.54 Å². The molecule has 1 heterocycles. The quantitative estimate of drug-likeness (QED) is 0.783. The number of rotatable bonds is 5. The lowest BCUT2D eigenvalue weighted by molar-refractivity contribution is -0.139. The number of carbonyl (C=O) groups is 2. The van der Waals surface area contributed by atoms with Gasteiger partial charge in [0.1, 0.15) is 5.01 Å². The van der Waals surface area contributed by atoms with Crippen molar-refractivity contribution in [2.75, 3.05) is 0 Å². The first-order valence-electron chi connectivity index (χ1n) is 5.87. The van der Waals surface area contributed by atoms with Crippen LogP contribution in [0.3, 0.4) is 0 Å². The summed E-state index contributed by atoms with van der Waals surface area (Å²) < 4.78 is 0. The van der Waals surface area contributed by atoms with E-state index in [0.29, 0.717) is 5.56 Å². The Labute approximate surface area is 119 Å². The van der Waals surface area contributed by atoms with E-state index >= 15 is 0 Å². The third-order valence-corrected chi connectivity index (χ3v) is 3.32. The van der Waals surface area contributed by atoms with Gasteiger partial charge in [-0.1, -0.05) is 30.3 Å². The van der Waals surface area contributed by atoms with Crippen molar-refractivity contribution in [2.24, 2.45) is 0 Å². The van der Waals surface area contributed by atoms with Crippen molar-refractivity contribution >= 4 is 23.3 Å². The van der Waals surface area contributed by atoms with Crippen molar-refractivity contribution < 1.29 is 14.7 Å². The van der Waals surface area contributed by atoms with Gasteiger partial charge < -0.3 is 15.7 Å². The standard InChI is InChI=1S/C13H13N3O3S/c17-12(18)11(9-4-2-1-3-5-9)16-13(19)15-8-10-14-6-7-20-10/h1-7,11H,8H2,(H,17,18)(H2,15,16,19)/t11-/m1/s1. The Hall–Kier alpha value is -2.41. The van der Waals surface area contributed by atoms with E-state index in [2.05, 4.69) is 15.6 Å². The maximum atomic E-state index is 11.7. The molecule has 6 nitrogen and oxygen atoms in total. The molecule has 2 aromatic rings. The summed E-state index contributed by atoms with van der Waals surface area (Å²) in [5.41, 5.74) is 0.518. The maximum Gasteiger partial charge on any atom is 0.330 e. The molecule has 3 N–H and O–H groups in total. The maximum absolute atomic E-state index is 11.7. The van der Waals surface area contributed by atoms with Crippen LogP contribution in [0.15, 0.2) is 41.9 Å². The first-order chi connectivity index (χ1) is 9.66. The number of nitrogens with one attached hydrogen (secondary N) is 2. The van der Waals surface area contributed by atoms with Crippen molar-refractivity contribution in [1.82, 2.24) is 15.6 Å².